The molecule has 0 amide bonds. The Balaban J connectivity index is 1.71. The summed E-state index contributed by atoms with van der Waals surface area (Å²) in [5, 5.41) is 4.95. The molecule has 33 heavy (non-hydrogen) atoms. The molecule has 8 heteroatoms. The summed E-state index contributed by atoms with van der Waals surface area (Å²) in [6, 6.07) is 13.2. The summed E-state index contributed by atoms with van der Waals surface area (Å²) in [5.74, 6) is 2.92. The zero-order valence-corrected chi connectivity index (χ0v) is 19.4. The van der Waals surface area contributed by atoms with Gasteiger partial charge in [-0.15, -0.1) is 0 Å². The van der Waals surface area contributed by atoms with Gasteiger partial charge < -0.3 is 23.5 Å². The molecule has 0 saturated carbocycles. The van der Waals surface area contributed by atoms with Crippen molar-refractivity contribution in [2.45, 2.75) is 26.2 Å². The zero-order valence-electron chi connectivity index (χ0n) is 19.4. The first-order chi connectivity index (χ1) is 15.9. The van der Waals surface area contributed by atoms with Gasteiger partial charge in [0.15, 0.2) is 11.5 Å². The van der Waals surface area contributed by atoms with Crippen LogP contribution >= 0.6 is 0 Å². The minimum atomic E-state index is -0.149. The fourth-order valence-electron chi connectivity index (χ4n) is 3.26. The van der Waals surface area contributed by atoms with Gasteiger partial charge >= 0.3 is 0 Å². The lowest BCUT2D eigenvalue weighted by Gasteiger charge is -2.14. The zero-order chi connectivity index (χ0) is 23.4. The first kappa shape index (κ1) is 22.5. The van der Waals surface area contributed by atoms with Gasteiger partial charge in [0.25, 0.3) is 0 Å². The largest absolute Gasteiger partial charge is 0.493 e. The first-order valence-corrected chi connectivity index (χ1v) is 10.6. The van der Waals surface area contributed by atoms with Crippen LogP contribution in [0.4, 0.5) is 0 Å². The molecule has 4 aromatic rings. The van der Waals surface area contributed by atoms with Gasteiger partial charge in [-0.1, -0.05) is 38.1 Å². The average molecular weight is 450 g/mol. The highest BCUT2D eigenvalue weighted by Crippen LogP contribution is 2.39. The monoisotopic (exact) mass is 449 g/mol. The maximum atomic E-state index is 6.26. The lowest BCUT2D eigenvalue weighted by atomic mass is 9.93. The van der Waals surface area contributed by atoms with E-state index in [4.69, 9.17) is 23.5 Å². The fourth-order valence-corrected chi connectivity index (χ4v) is 3.26. The van der Waals surface area contributed by atoms with Crippen molar-refractivity contribution in [3.05, 3.63) is 54.6 Å². The minimum Gasteiger partial charge on any atom is -0.493 e. The van der Waals surface area contributed by atoms with E-state index in [9.17, 15) is 0 Å². The van der Waals surface area contributed by atoms with Crippen LogP contribution in [-0.2, 0) is 10.2 Å². The van der Waals surface area contributed by atoms with Crippen molar-refractivity contribution in [3.63, 3.8) is 0 Å². The summed E-state index contributed by atoms with van der Waals surface area (Å²) >= 11 is 0. The molecule has 8 nitrogen and oxygen atoms in total. The van der Waals surface area contributed by atoms with Crippen molar-refractivity contribution in [1.82, 2.24) is 15.1 Å². The van der Waals surface area contributed by atoms with Gasteiger partial charge in [-0.25, -0.2) is 9.97 Å². The number of para-hydroxylation sites is 1. The molecular formula is C25H27N3O5. The molecule has 0 N–H and O–H groups in total. The quantitative estimate of drug-likeness (QED) is 0.330. The highest BCUT2D eigenvalue weighted by Gasteiger charge is 2.22. The van der Waals surface area contributed by atoms with E-state index in [1.165, 1.54) is 6.33 Å². The molecule has 0 fully saturated rings. The third kappa shape index (κ3) is 4.90. The minimum absolute atomic E-state index is 0.149. The number of methoxy groups -OCH3 is 2. The number of aromatic nitrogens is 3. The van der Waals surface area contributed by atoms with E-state index in [1.807, 2.05) is 36.4 Å². The van der Waals surface area contributed by atoms with Crippen LogP contribution in [0.25, 0.3) is 22.2 Å². The lowest BCUT2D eigenvalue weighted by molar-refractivity contribution is 0.144. The highest BCUT2D eigenvalue weighted by atomic mass is 16.5. The molecular weight excluding hydrogens is 422 g/mol. The molecule has 0 atom stereocenters. The number of benzene rings is 2. The van der Waals surface area contributed by atoms with Crippen LogP contribution < -0.4 is 14.2 Å². The summed E-state index contributed by atoms with van der Waals surface area (Å²) in [6.45, 7) is 7.09. The molecule has 0 aliphatic heterocycles. The van der Waals surface area contributed by atoms with Crippen LogP contribution in [0, 0.1) is 0 Å². The summed E-state index contributed by atoms with van der Waals surface area (Å²) in [6.07, 6.45) is 1.46. The topological polar surface area (TPSA) is 88.7 Å². The second-order valence-corrected chi connectivity index (χ2v) is 8.46. The number of ether oxygens (including phenoxy) is 4. The van der Waals surface area contributed by atoms with E-state index in [-0.39, 0.29) is 5.41 Å². The predicted molar refractivity (Wildman–Crippen MR) is 124 cm³/mol. The van der Waals surface area contributed by atoms with Crippen LogP contribution in [0.3, 0.4) is 0 Å². The molecule has 0 radical (unpaired) electrons. The SMILES string of the molecule is COCCOc1cc2ncnc(Oc3ccccc3-c3cc(C(C)(C)C)on3)c2cc1OC. The predicted octanol–water partition coefficient (Wildman–Crippen LogP) is 5.41. The molecule has 0 unspecified atom stereocenters. The van der Waals surface area contributed by atoms with E-state index in [0.717, 1.165) is 11.3 Å². The maximum absolute atomic E-state index is 6.26. The van der Waals surface area contributed by atoms with Crippen LogP contribution in [0.1, 0.15) is 26.5 Å². The highest BCUT2D eigenvalue weighted by molar-refractivity contribution is 5.87. The Labute approximate surface area is 192 Å². The lowest BCUT2D eigenvalue weighted by Crippen LogP contribution is -2.09. The molecule has 2 aromatic carbocycles. The van der Waals surface area contributed by atoms with Gasteiger partial charge in [0.1, 0.15) is 30.1 Å². The van der Waals surface area contributed by atoms with Crippen LogP contribution in [0.15, 0.2) is 53.3 Å². The summed E-state index contributed by atoms with van der Waals surface area (Å²) < 4.78 is 28.2. The standard InChI is InChI=1S/C25H27N3O5/c1-25(2,3)23-14-19(28-33-23)16-8-6-7-9-20(16)32-24-17-12-21(30-5)22(31-11-10-29-4)13-18(17)26-15-27-24/h6-9,12-15H,10-11H2,1-5H3. The van der Waals surface area contributed by atoms with Crippen molar-refractivity contribution in [2.75, 3.05) is 27.4 Å². The van der Waals surface area contributed by atoms with E-state index in [0.29, 0.717) is 52.9 Å². The fraction of sp³-hybridized carbons (Fsp3) is 0.320. The molecule has 2 heterocycles. The van der Waals surface area contributed by atoms with Gasteiger partial charge in [0.05, 0.1) is 24.6 Å². The van der Waals surface area contributed by atoms with Crippen molar-refractivity contribution >= 4 is 10.9 Å². The molecule has 172 valence electrons. The number of nitrogens with zero attached hydrogens (tertiary/aromatic N) is 3. The van der Waals surface area contributed by atoms with Gasteiger partial charge in [0, 0.05) is 30.2 Å². The van der Waals surface area contributed by atoms with E-state index in [1.54, 1.807) is 20.3 Å². The molecule has 0 spiro atoms. The van der Waals surface area contributed by atoms with Crippen molar-refractivity contribution in [1.29, 1.82) is 0 Å². The third-order valence-corrected chi connectivity index (χ3v) is 5.05. The number of hydrogen-bond donors (Lipinski definition) is 0. The Kier molecular flexibility index (Phi) is 6.46. The van der Waals surface area contributed by atoms with Crippen molar-refractivity contribution in [2.24, 2.45) is 0 Å². The average Bonchev–Trinajstić information content (AvgIpc) is 3.30. The Morgan fingerprint density at radius 2 is 1.73 bits per heavy atom. The smallest absolute Gasteiger partial charge is 0.230 e. The molecule has 0 aliphatic rings. The van der Waals surface area contributed by atoms with E-state index >= 15 is 0 Å². The Morgan fingerprint density at radius 1 is 0.909 bits per heavy atom. The van der Waals surface area contributed by atoms with Gasteiger partial charge in [-0.3, -0.25) is 0 Å². The molecule has 2 aromatic heterocycles. The Hall–Kier alpha value is -3.65. The second-order valence-electron chi connectivity index (χ2n) is 8.46. The van der Waals surface area contributed by atoms with Crippen LogP contribution in [-0.4, -0.2) is 42.6 Å². The number of hydrogen-bond acceptors (Lipinski definition) is 8. The number of fused-ring (bicyclic) bond motifs is 1. The van der Waals surface area contributed by atoms with Crippen LogP contribution in [0.2, 0.25) is 0 Å². The first-order valence-electron chi connectivity index (χ1n) is 10.6. The Bertz CT molecular complexity index is 1250. The summed E-state index contributed by atoms with van der Waals surface area (Å²) in [5.41, 5.74) is 2.01. The van der Waals surface area contributed by atoms with Crippen molar-refractivity contribution in [3.8, 4) is 34.4 Å². The van der Waals surface area contributed by atoms with Gasteiger partial charge in [0.2, 0.25) is 5.88 Å². The summed E-state index contributed by atoms with van der Waals surface area (Å²) in [4.78, 5) is 8.74. The van der Waals surface area contributed by atoms with Gasteiger partial charge in [-0.2, -0.15) is 0 Å². The van der Waals surface area contributed by atoms with Crippen molar-refractivity contribution < 1.29 is 23.5 Å². The van der Waals surface area contributed by atoms with E-state index in [2.05, 4.69) is 35.9 Å². The van der Waals surface area contributed by atoms with E-state index < -0.39 is 0 Å². The molecule has 0 aliphatic carbocycles. The number of rotatable bonds is 8. The maximum Gasteiger partial charge on any atom is 0.230 e. The third-order valence-electron chi connectivity index (χ3n) is 5.05. The molecule has 0 bridgehead atoms. The molecule has 0 saturated heterocycles. The molecule has 4 rings (SSSR count). The van der Waals surface area contributed by atoms with Gasteiger partial charge in [-0.05, 0) is 18.2 Å². The normalized spacial score (nSPS) is 11.5. The Morgan fingerprint density at radius 3 is 2.45 bits per heavy atom. The summed E-state index contributed by atoms with van der Waals surface area (Å²) in [7, 11) is 3.21. The second kappa shape index (κ2) is 9.46. The van der Waals surface area contributed by atoms with Crippen LogP contribution in [0.5, 0.6) is 23.1 Å².